The summed E-state index contributed by atoms with van der Waals surface area (Å²) in [6.45, 7) is 1.84. The molecule has 1 aliphatic rings. The molecular formula is C21H23ClN4O2. The molecule has 4 rings (SSSR count). The highest BCUT2D eigenvalue weighted by molar-refractivity contribution is 6.32. The SMILES string of the molecule is COc1ccc([C@H]2C[C@@H](Nc3nc4ccccn4c(=O)c3Cl)CN(C)C2)cc1. The first-order valence-corrected chi connectivity index (χ1v) is 9.69. The number of anilines is 1. The molecule has 0 spiro atoms. The minimum absolute atomic E-state index is 0.123. The predicted molar refractivity (Wildman–Crippen MR) is 112 cm³/mol. The minimum atomic E-state index is -0.259. The van der Waals surface area contributed by atoms with E-state index < -0.39 is 0 Å². The van der Waals surface area contributed by atoms with Crippen molar-refractivity contribution in [2.24, 2.45) is 0 Å². The Morgan fingerprint density at radius 3 is 2.71 bits per heavy atom. The summed E-state index contributed by atoms with van der Waals surface area (Å²) in [5, 5.41) is 3.54. The van der Waals surface area contributed by atoms with Gasteiger partial charge in [-0.05, 0) is 49.2 Å². The van der Waals surface area contributed by atoms with E-state index in [-0.39, 0.29) is 16.6 Å². The number of likely N-dealkylation sites (N-methyl/N-ethyl adjacent to an activating group) is 1. The number of nitrogens with one attached hydrogen (secondary N) is 1. The molecule has 28 heavy (non-hydrogen) atoms. The summed E-state index contributed by atoms with van der Waals surface area (Å²) >= 11 is 6.33. The van der Waals surface area contributed by atoms with Gasteiger partial charge in [-0.1, -0.05) is 29.8 Å². The van der Waals surface area contributed by atoms with Crippen LogP contribution in [-0.4, -0.2) is 47.6 Å². The lowest BCUT2D eigenvalue weighted by Crippen LogP contribution is -2.43. The first-order chi connectivity index (χ1) is 13.5. The number of rotatable bonds is 4. The van der Waals surface area contributed by atoms with E-state index in [0.717, 1.165) is 25.3 Å². The number of likely N-dealkylation sites (tertiary alicyclic amines) is 1. The van der Waals surface area contributed by atoms with Crippen molar-refractivity contribution < 1.29 is 4.74 Å². The van der Waals surface area contributed by atoms with Crippen LogP contribution >= 0.6 is 11.6 Å². The zero-order valence-electron chi connectivity index (χ0n) is 15.9. The van der Waals surface area contributed by atoms with Gasteiger partial charge in [-0.25, -0.2) is 4.98 Å². The molecule has 2 aromatic heterocycles. The average Bonchev–Trinajstić information content (AvgIpc) is 2.71. The van der Waals surface area contributed by atoms with Crippen LogP contribution in [0.2, 0.25) is 5.02 Å². The molecule has 1 fully saturated rings. The number of fused-ring (bicyclic) bond motifs is 1. The third kappa shape index (κ3) is 3.70. The summed E-state index contributed by atoms with van der Waals surface area (Å²) < 4.78 is 6.72. The van der Waals surface area contributed by atoms with Gasteiger partial charge in [-0.2, -0.15) is 0 Å². The maximum atomic E-state index is 12.5. The number of benzene rings is 1. The van der Waals surface area contributed by atoms with Crippen LogP contribution in [0.25, 0.3) is 5.65 Å². The molecular weight excluding hydrogens is 376 g/mol. The maximum Gasteiger partial charge on any atom is 0.278 e. The molecule has 0 saturated carbocycles. The van der Waals surface area contributed by atoms with Gasteiger partial charge in [0.05, 0.1) is 7.11 Å². The molecule has 3 heterocycles. The molecule has 146 valence electrons. The van der Waals surface area contributed by atoms with Gasteiger partial charge < -0.3 is 15.0 Å². The topological polar surface area (TPSA) is 58.9 Å². The van der Waals surface area contributed by atoms with Crippen LogP contribution in [0.5, 0.6) is 5.75 Å². The lowest BCUT2D eigenvalue weighted by molar-refractivity contribution is 0.235. The van der Waals surface area contributed by atoms with Gasteiger partial charge in [0.15, 0.2) is 5.82 Å². The van der Waals surface area contributed by atoms with Crippen LogP contribution < -0.4 is 15.6 Å². The van der Waals surface area contributed by atoms with Gasteiger partial charge in [0.1, 0.15) is 16.4 Å². The molecule has 1 saturated heterocycles. The van der Waals surface area contributed by atoms with Crippen molar-refractivity contribution in [2.45, 2.75) is 18.4 Å². The van der Waals surface area contributed by atoms with E-state index in [0.29, 0.717) is 17.4 Å². The zero-order valence-corrected chi connectivity index (χ0v) is 16.7. The van der Waals surface area contributed by atoms with Crippen molar-refractivity contribution in [1.82, 2.24) is 14.3 Å². The molecule has 0 amide bonds. The zero-order chi connectivity index (χ0) is 19.7. The van der Waals surface area contributed by atoms with Crippen LogP contribution in [0, 0.1) is 0 Å². The van der Waals surface area contributed by atoms with Crippen molar-refractivity contribution in [2.75, 3.05) is 32.6 Å². The van der Waals surface area contributed by atoms with E-state index in [2.05, 4.69) is 34.4 Å². The summed E-state index contributed by atoms with van der Waals surface area (Å²) in [4.78, 5) is 19.4. The van der Waals surface area contributed by atoms with E-state index in [4.69, 9.17) is 16.3 Å². The van der Waals surface area contributed by atoms with Crippen LogP contribution in [0.15, 0.2) is 53.5 Å². The van der Waals surface area contributed by atoms with Crippen LogP contribution in [-0.2, 0) is 0 Å². The Kier molecular flexibility index (Phi) is 5.24. The fourth-order valence-electron chi connectivity index (χ4n) is 3.90. The molecule has 0 aliphatic carbocycles. The third-order valence-corrected chi connectivity index (χ3v) is 5.58. The first kappa shape index (κ1) is 18.8. The number of hydrogen-bond acceptors (Lipinski definition) is 5. The Bertz CT molecular complexity index is 1030. The van der Waals surface area contributed by atoms with E-state index in [1.165, 1.54) is 9.96 Å². The van der Waals surface area contributed by atoms with Crippen molar-refractivity contribution in [3.05, 3.63) is 69.6 Å². The van der Waals surface area contributed by atoms with E-state index in [1.807, 2.05) is 18.2 Å². The molecule has 3 aromatic rings. The lowest BCUT2D eigenvalue weighted by atomic mass is 9.88. The van der Waals surface area contributed by atoms with E-state index in [9.17, 15) is 4.79 Å². The van der Waals surface area contributed by atoms with Crippen LogP contribution in [0.4, 0.5) is 5.82 Å². The summed E-state index contributed by atoms with van der Waals surface area (Å²) in [5.74, 6) is 1.68. The second-order valence-electron chi connectivity index (χ2n) is 7.28. The molecule has 1 aliphatic heterocycles. The van der Waals surface area contributed by atoms with Crippen molar-refractivity contribution in [3.8, 4) is 5.75 Å². The lowest BCUT2D eigenvalue weighted by Gasteiger charge is -2.36. The molecule has 1 N–H and O–H groups in total. The Labute approximate surface area is 168 Å². The number of aromatic nitrogens is 2. The number of piperidine rings is 1. The second-order valence-corrected chi connectivity index (χ2v) is 7.65. The standard InChI is InChI=1S/C21H23ClN4O2/c1-25-12-15(14-6-8-17(28-2)9-7-14)11-16(13-25)23-20-19(22)21(27)26-10-4-3-5-18(26)24-20/h3-10,15-16,23H,11-13H2,1-2H3/t15-,16+/m0/s1. The van der Waals surface area contributed by atoms with Crippen LogP contribution in [0.1, 0.15) is 17.9 Å². The fraction of sp³-hybridized carbons (Fsp3) is 0.333. The number of nitrogens with zero attached hydrogens (tertiary/aromatic N) is 3. The third-order valence-electron chi connectivity index (χ3n) is 5.24. The quantitative estimate of drug-likeness (QED) is 0.731. The number of hydrogen-bond donors (Lipinski definition) is 1. The Hall–Kier alpha value is -2.57. The summed E-state index contributed by atoms with van der Waals surface area (Å²) in [6.07, 6.45) is 2.61. The minimum Gasteiger partial charge on any atom is -0.497 e. The number of ether oxygens (including phenoxy) is 1. The van der Waals surface area contributed by atoms with E-state index in [1.54, 1.807) is 25.4 Å². The second kappa shape index (κ2) is 7.81. The highest BCUT2D eigenvalue weighted by atomic mass is 35.5. The van der Waals surface area contributed by atoms with Gasteiger partial charge in [0, 0.05) is 25.3 Å². The summed E-state index contributed by atoms with van der Waals surface area (Å²) in [6, 6.07) is 13.8. The van der Waals surface area contributed by atoms with Crippen molar-refractivity contribution >= 4 is 23.1 Å². The highest BCUT2D eigenvalue weighted by Gasteiger charge is 2.27. The highest BCUT2D eigenvalue weighted by Crippen LogP contribution is 2.30. The molecule has 7 heteroatoms. The fourth-order valence-corrected chi connectivity index (χ4v) is 4.09. The smallest absolute Gasteiger partial charge is 0.278 e. The largest absolute Gasteiger partial charge is 0.497 e. The van der Waals surface area contributed by atoms with Gasteiger partial charge in [-0.15, -0.1) is 0 Å². The van der Waals surface area contributed by atoms with Crippen molar-refractivity contribution in [3.63, 3.8) is 0 Å². The molecule has 1 aromatic carbocycles. The first-order valence-electron chi connectivity index (χ1n) is 9.31. The normalized spacial score (nSPS) is 20.2. The van der Waals surface area contributed by atoms with Gasteiger partial charge >= 0.3 is 0 Å². The molecule has 0 bridgehead atoms. The summed E-state index contributed by atoms with van der Waals surface area (Å²) in [7, 11) is 3.78. The Balaban J connectivity index is 1.58. The van der Waals surface area contributed by atoms with Gasteiger partial charge in [0.2, 0.25) is 0 Å². The Morgan fingerprint density at radius 1 is 1.18 bits per heavy atom. The Morgan fingerprint density at radius 2 is 1.96 bits per heavy atom. The molecule has 0 radical (unpaired) electrons. The predicted octanol–water partition coefficient (Wildman–Crippen LogP) is 3.26. The maximum absolute atomic E-state index is 12.5. The molecule has 6 nitrogen and oxygen atoms in total. The monoisotopic (exact) mass is 398 g/mol. The summed E-state index contributed by atoms with van der Waals surface area (Å²) in [5.41, 5.74) is 1.60. The number of halogens is 1. The van der Waals surface area contributed by atoms with Crippen LogP contribution in [0.3, 0.4) is 0 Å². The van der Waals surface area contributed by atoms with Crippen molar-refractivity contribution in [1.29, 1.82) is 0 Å². The number of methoxy groups -OCH3 is 1. The average molecular weight is 399 g/mol. The molecule has 0 unspecified atom stereocenters. The van der Waals surface area contributed by atoms with Gasteiger partial charge in [-0.3, -0.25) is 9.20 Å². The molecule has 2 atom stereocenters. The van der Waals surface area contributed by atoms with Gasteiger partial charge in [0.25, 0.3) is 5.56 Å². The number of pyridine rings is 1. The van der Waals surface area contributed by atoms with E-state index >= 15 is 0 Å².